The summed E-state index contributed by atoms with van der Waals surface area (Å²) in [5, 5.41) is 63.6. The number of methoxy groups -OCH3 is 1. The first kappa shape index (κ1) is 90.5. The Balaban J connectivity index is -0.000000546. The van der Waals surface area contributed by atoms with Crippen molar-refractivity contribution in [3.05, 3.63) is 267 Å². The smallest absolute Gasteiger partial charge is 0.488 e. The van der Waals surface area contributed by atoms with Gasteiger partial charge >= 0.3 is 7.12 Å². The predicted octanol–water partition coefficient (Wildman–Crippen LogP) is 13.7. The SMILES string of the molecule is CC.CC.CC.CCO.CO/C(=C\[C-]=O)c1ccc([N+](=O)[O-])cc1.CSC(=N)N.CSc1n[c-]cc(-c2ccc([N+](=O)[O-])cc2)n1.Nc1ccc(-c2c[c-]nc(-c3ccccc3)n2)cc1.O=[N+]([O-])c1ccc(-c2c[c-]nc(-c3ccccc3)n2)cc1.OB(O)c1ccccc1.[Rf].[Rf].[Rf].[Rf]. The number of allylic oxidation sites excluding steroid dienone is 1. The molecule has 0 aliphatic carbocycles. The zero-order valence-corrected chi connectivity index (χ0v) is 84.2. The topological polar surface area (TPSA) is 370 Å². The first-order valence-electron chi connectivity index (χ1n) is 29.0. The van der Waals surface area contributed by atoms with Crippen LogP contribution in [0.15, 0.2) is 217 Å². The Labute approximate surface area is 562 Å². The Morgan fingerprint density at radius 3 is 1.16 bits per heavy atom. The number of anilines is 1. The summed E-state index contributed by atoms with van der Waals surface area (Å²) in [7, 11) is 0.0658. The number of non-ortho nitro benzene ring substituents is 3. The average Bonchev–Trinajstić information content (AvgIpc) is 0.856. The number of ether oxygens (including phenoxy) is 1. The summed E-state index contributed by atoms with van der Waals surface area (Å²) >= 11 is 2.66. The average molecular weight is 2390 g/mol. The van der Waals surface area contributed by atoms with E-state index in [1.807, 2.05) is 139 Å². The van der Waals surface area contributed by atoms with Crippen molar-refractivity contribution in [3.63, 3.8) is 0 Å². The van der Waals surface area contributed by atoms with E-state index in [0.29, 0.717) is 45.0 Å². The molecule has 8 N–H and O–H groups in total. The summed E-state index contributed by atoms with van der Waals surface area (Å²) in [5.41, 5.74) is 19.2. The molecule has 0 fully saturated rings. The van der Waals surface area contributed by atoms with Gasteiger partial charge in [-0.2, -0.15) is 17.8 Å². The van der Waals surface area contributed by atoms with Crippen LogP contribution in [0.5, 0.6) is 0 Å². The van der Waals surface area contributed by atoms with Gasteiger partial charge in [0.15, 0.2) is 5.17 Å². The number of nitrogens with two attached hydrogens (primary N) is 2. The Morgan fingerprint density at radius 2 is 0.869 bits per heavy atom. The van der Waals surface area contributed by atoms with Crippen LogP contribution in [0.25, 0.3) is 62.3 Å². The van der Waals surface area contributed by atoms with Crippen LogP contribution >= 0.6 is 23.5 Å². The molecule has 10 rings (SSSR count). The minimum atomic E-state index is -1.34. The number of aliphatic hydroxyl groups excluding tert-OH is 1. The summed E-state index contributed by atoms with van der Waals surface area (Å²) in [4.78, 5) is 65.9. The molecule has 0 aliphatic heterocycles. The molecule has 0 unspecified atom stereocenters. The number of nitro groups is 3. The molecule has 504 valence electrons. The number of rotatable bonds is 13. The van der Waals surface area contributed by atoms with Gasteiger partial charge in [-0.25, -0.2) is 0 Å². The van der Waals surface area contributed by atoms with Crippen molar-refractivity contribution < 1.29 is 39.5 Å². The van der Waals surface area contributed by atoms with E-state index in [2.05, 4.69) is 48.5 Å². The molecule has 10 aromatic rings. The van der Waals surface area contributed by atoms with Gasteiger partial charge in [0.05, 0.1) is 27.0 Å². The van der Waals surface area contributed by atoms with Crippen LogP contribution in [-0.2, 0) is 9.53 Å². The standard InChI is InChI=1S/C16H10N3O2.C16H12N3.C11H8N3O2S.C10H8NO4.C6H7BO2.C2H6N2S.C2H6O.3C2H6.4Rf/c20-19(21)14-8-6-12(7-9-14)15-10-11-17-16(18-15)13-4-2-1-3-5-13;17-14-8-6-12(7-9-14)15-10-11-18-16(19-15)13-4-2-1-3-5-13;1-17-11-12-7-6-10(13-11)8-2-4-9(5-3-8)14(15)16;1-15-10(6-7-12)8-2-4-9(5-3-8)11(13)14;8-7(9)6-4-2-1-3-5-6;1-5-2(3)4;1-2-3;3*1-2;;;;/h1-10H;1-10H,17H2;2-6H,1H3;2-6H,1H3;1-5,8-9H;1H3,(H3,3,4);3H,2H2,1H3;3*1-2H3;;;;/q4*-1;;;;;;;;;;/b;;;10-6-;;;;;;;;;;. The molecular weight excluding hydrogens is 2320 g/mol. The van der Waals surface area contributed by atoms with Crippen LogP contribution < -0.4 is 16.9 Å². The van der Waals surface area contributed by atoms with E-state index >= 15 is 0 Å². The van der Waals surface area contributed by atoms with Crippen molar-refractivity contribution in [2.24, 2.45) is 5.73 Å². The van der Waals surface area contributed by atoms with Gasteiger partial charge in [-0.05, 0) is 77.3 Å². The number of hydrogen-bond acceptors (Lipinski definition) is 21. The molecule has 0 atom stereocenters. The van der Waals surface area contributed by atoms with Crippen LogP contribution in [0.2, 0.25) is 0 Å². The van der Waals surface area contributed by atoms with Gasteiger partial charge < -0.3 is 66.1 Å². The van der Waals surface area contributed by atoms with Crippen molar-refractivity contribution in [1.29, 1.82) is 5.41 Å². The van der Waals surface area contributed by atoms with E-state index in [1.165, 1.54) is 79.2 Å². The van der Waals surface area contributed by atoms with E-state index in [9.17, 15) is 35.1 Å². The third-order valence-electron chi connectivity index (χ3n) is 11.1. The van der Waals surface area contributed by atoms with Gasteiger partial charge in [0.1, 0.15) is 0 Å². The van der Waals surface area contributed by atoms with Gasteiger partial charge in [-0.15, -0.1) is 18.2 Å². The molecule has 30 heteroatoms. The second-order valence-electron chi connectivity index (χ2n) is 17.0. The summed E-state index contributed by atoms with van der Waals surface area (Å²) in [6, 6.07) is 59.0. The second kappa shape index (κ2) is 52.7. The molecule has 0 saturated carbocycles. The number of thioether (sulfide) groups is 2. The fourth-order valence-electron chi connectivity index (χ4n) is 6.78. The molecule has 0 spiro atoms. The maximum Gasteiger partial charge on any atom is 0.488 e. The third kappa shape index (κ3) is 33.3. The molecule has 3 heterocycles. The summed E-state index contributed by atoms with van der Waals surface area (Å²) in [6.07, 6.45) is 14.8. The molecule has 23 nitrogen and oxygen atoms in total. The van der Waals surface area contributed by atoms with E-state index in [-0.39, 0.29) is 28.8 Å². The van der Waals surface area contributed by atoms with Gasteiger partial charge in [0.25, 0.3) is 17.1 Å². The number of aromatic nitrogens is 6. The number of benzene rings is 7. The van der Waals surface area contributed by atoms with Gasteiger partial charge in [0, 0.05) is 60.3 Å². The number of amidine groups is 1. The van der Waals surface area contributed by atoms with Gasteiger partial charge in [-0.3, -0.25) is 35.8 Å². The minimum absolute atomic E-state index is 0. The largest absolute Gasteiger partial charge is 0.581 e. The predicted molar refractivity (Wildman–Crippen MR) is 382 cm³/mol. The summed E-state index contributed by atoms with van der Waals surface area (Å²) in [6.45, 7) is 13.9. The molecule has 0 aliphatic rings. The normalized spacial score (nSPS) is 9.12. The monoisotopic (exact) mass is 2390 g/mol. The van der Waals surface area contributed by atoms with E-state index < -0.39 is 21.9 Å². The van der Waals surface area contributed by atoms with Crippen molar-refractivity contribution in [2.45, 2.75) is 53.6 Å². The van der Waals surface area contributed by atoms with Gasteiger partial charge in [-0.1, -0.05) is 234 Å². The Bertz CT molecular complexity index is 3840. The summed E-state index contributed by atoms with van der Waals surface area (Å²) < 4.78 is 4.91. The number of carbonyl (C=O) groups excluding carboxylic acids is 1. The number of nitrogens with one attached hydrogen (secondary N) is 1. The maximum atomic E-state index is 10.7. The first-order valence-corrected chi connectivity index (χ1v) is 31.4. The first-order chi connectivity index (χ1) is 45.9. The zero-order chi connectivity index (χ0) is 70.9. The molecule has 0 radical (unpaired) electrons. The zero-order valence-electron chi connectivity index (χ0n) is 56.9. The van der Waals surface area contributed by atoms with E-state index in [1.54, 1.807) is 86.2 Å². The van der Waals surface area contributed by atoms with Crippen molar-refractivity contribution in [1.82, 2.24) is 29.9 Å². The quantitative estimate of drug-likeness (QED) is 0.00533. The molecule has 0 saturated heterocycles. The maximum absolute atomic E-state index is 10.7. The van der Waals surface area contributed by atoms with Crippen molar-refractivity contribution in [3.8, 4) is 56.5 Å². The van der Waals surface area contributed by atoms with Crippen LogP contribution in [-0.4, -0.2) is 105 Å². The fourth-order valence-corrected chi connectivity index (χ4v) is 7.11. The summed E-state index contributed by atoms with van der Waals surface area (Å²) in [5.74, 6) is 1.57. The molecular formula is C69H75BN12O11Rf4S2-4. The van der Waals surface area contributed by atoms with Crippen LogP contribution in [0.4, 0.5) is 22.7 Å². The third-order valence-corrected chi connectivity index (χ3v) is 12.1. The molecule has 0 bridgehead atoms. The fraction of sp³-hybridized carbons (Fsp3) is 0.159. The van der Waals surface area contributed by atoms with Crippen molar-refractivity contribution >= 4 is 76.1 Å². The van der Waals surface area contributed by atoms with E-state index in [0.717, 1.165) is 45.3 Å². The number of aliphatic hydroxyl groups is 1. The number of nitro benzene ring substituents is 3. The molecule has 7 aromatic carbocycles. The Morgan fingerprint density at radius 1 is 0.556 bits per heavy atom. The van der Waals surface area contributed by atoms with Crippen LogP contribution in [0.3, 0.4) is 0 Å². The van der Waals surface area contributed by atoms with Crippen LogP contribution in [0.1, 0.15) is 54.0 Å². The van der Waals surface area contributed by atoms with Crippen LogP contribution in [0, 0.1) is 54.3 Å². The second-order valence-corrected chi connectivity index (χ2v) is 18.7. The van der Waals surface area contributed by atoms with Crippen molar-refractivity contribution in [2.75, 3.05) is 32.0 Å². The number of hydrogen-bond donors (Lipinski definition) is 6. The Hall–Kier alpha value is -14.9. The number of nitrogen functional groups attached to an aromatic ring is 1. The molecule has 0 amide bonds. The Kier molecular flexibility index (Phi) is 48.2. The van der Waals surface area contributed by atoms with Gasteiger partial charge in [0.2, 0.25) is 0 Å². The molecule has 3 aromatic heterocycles. The number of nitrogens with zero attached hydrogens (tertiary/aromatic N) is 9. The van der Waals surface area contributed by atoms with E-state index in [4.69, 9.17) is 36.8 Å². The minimum Gasteiger partial charge on any atom is -0.581 e. The molecule has 99 heavy (non-hydrogen) atoms.